The predicted octanol–water partition coefficient (Wildman–Crippen LogP) is 0.199. The number of hydrogen-bond acceptors (Lipinski definition) is 4. The molecule has 1 heterocycles. The van der Waals surface area contributed by atoms with Gasteiger partial charge in [-0.3, -0.25) is 4.79 Å². The Bertz CT molecular complexity index is 431. The standard InChI is InChI=1S/C14H22N2O5/c1-16(9-14(20)4-6-21-7-5-14)13(19)15-11-3-2-10(8-11)12(17)18/h2-3,10-11,20H,4-9H2,1H3,(H,15,19)(H,17,18). The van der Waals surface area contributed by atoms with E-state index in [1.807, 2.05) is 0 Å². The Morgan fingerprint density at radius 3 is 2.62 bits per heavy atom. The summed E-state index contributed by atoms with van der Waals surface area (Å²) in [6.07, 6.45) is 4.68. The number of carbonyl (C=O) groups is 2. The molecule has 1 aliphatic heterocycles. The van der Waals surface area contributed by atoms with Crippen molar-refractivity contribution < 1.29 is 24.5 Å². The third-order valence-electron chi connectivity index (χ3n) is 4.01. The molecule has 1 fully saturated rings. The average molecular weight is 298 g/mol. The van der Waals surface area contributed by atoms with E-state index in [2.05, 4.69) is 5.32 Å². The lowest BCUT2D eigenvalue weighted by Crippen LogP contribution is -2.51. The van der Waals surface area contributed by atoms with E-state index in [0.717, 1.165) is 0 Å². The topological polar surface area (TPSA) is 99.1 Å². The maximum atomic E-state index is 12.1. The van der Waals surface area contributed by atoms with Crippen LogP contribution in [0, 0.1) is 5.92 Å². The number of nitrogens with zero attached hydrogens (tertiary/aromatic N) is 1. The molecule has 0 bridgehead atoms. The number of likely N-dealkylation sites (N-methyl/N-ethyl adjacent to an activating group) is 1. The van der Waals surface area contributed by atoms with Crippen molar-refractivity contribution in [3.63, 3.8) is 0 Å². The Balaban J connectivity index is 1.80. The Hall–Kier alpha value is -1.60. The molecule has 2 unspecified atom stereocenters. The van der Waals surface area contributed by atoms with Gasteiger partial charge in [0.2, 0.25) is 0 Å². The van der Waals surface area contributed by atoms with Crippen molar-refractivity contribution in [3.05, 3.63) is 12.2 Å². The van der Waals surface area contributed by atoms with E-state index in [4.69, 9.17) is 9.84 Å². The first-order valence-corrected chi connectivity index (χ1v) is 7.12. The minimum atomic E-state index is -0.903. The van der Waals surface area contributed by atoms with Crippen LogP contribution in [0.15, 0.2) is 12.2 Å². The van der Waals surface area contributed by atoms with Crippen molar-refractivity contribution in [2.24, 2.45) is 5.92 Å². The number of aliphatic hydroxyl groups is 1. The number of hydrogen-bond donors (Lipinski definition) is 3. The van der Waals surface area contributed by atoms with Crippen LogP contribution in [-0.4, -0.2) is 65.6 Å². The Morgan fingerprint density at radius 1 is 1.38 bits per heavy atom. The maximum absolute atomic E-state index is 12.1. The number of aliphatic carboxylic acids is 1. The van der Waals surface area contributed by atoms with Crippen molar-refractivity contribution in [2.75, 3.05) is 26.8 Å². The second kappa shape index (κ2) is 6.44. The molecule has 2 atom stereocenters. The average Bonchev–Trinajstić information content (AvgIpc) is 2.87. The van der Waals surface area contributed by atoms with E-state index >= 15 is 0 Å². The normalized spacial score (nSPS) is 27.3. The molecule has 0 aromatic heterocycles. The quantitative estimate of drug-likeness (QED) is 0.644. The molecule has 2 rings (SSSR count). The van der Waals surface area contributed by atoms with Gasteiger partial charge >= 0.3 is 12.0 Å². The van der Waals surface area contributed by atoms with Gasteiger partial charge < -0.3 is 25.2 Å². The van der Waals surface area contributed by atoms with Crippen LogP contribution in [0.2, 0.25) is 0 Å². The minimum absolute atomic E-state index is 0.237. The molecule has 0 spiro atoms. The number of carboxylic acid groups (broad SMARTS) is 1. The van der Waals surface area contributed by atoms with Gasteiger partial charge in [-0.1, -0.05) is 12.2 Å². The van der Waals surface area contributed by atoms with Crippen molar-refractivity contribution >= 4 is 12.0 Å². The predicted molar refractivity (Wildman–Crippen MR) is 74.8 cm³/mol. The maximum Gasteiger partial charge on any atom is 0.317 e. The van der Waals surface area contributed by atoms with Crippen molar-refractivity contribution in [3.8, 4) is 0 Å². The fourth-order valence-electron chi connectivity index (χ4n) is 2.68. The molecule has 7 heteroatoms. The lowest BCUT2D eigenvalue weighted by Gasteiger charge is -2.35. The molecule has 2 aliphatic rings. The molecule has 3 N–H and O–H groups in total. The van der Waals surface area contributed by atoms with E-state index in [-0.39, 0.29) is 18.6 Å². The fourth-order valence-corrected chi connectivity index (χ4v) is 2.68. The molecule has 7 nitrogen and oxygen atoms in total. The number of urea groups is 1. The van der Waals surface area contributed by atoms with Crippen LogP contribution >= 0.6 is 0 Å². The van der Waals surface area contributed by atoms with Crippen LogP contribution in [0.4, 0.5) is 4.79 Å². The van der Waals surface area contributed by atoms with Crippen LogP contribution in [0.25, 0.3) is 0 Å². The summed E-state index contributed by atoms with van der Waals surface area (Å²) in [4.78, 5) is 24.4. The van der Waals surface area contributed by atoms with Crippen LogP contribution in [-0.2, 0) is 9.53 Å². The first-order valence-electron chi connectivity index (χ1n) is 7.12. The van der Waals surface area contributed by atoms with Crippen molar-refractivity contribution in [1.29, 1.82) is 0 Å². The van der Waals surface area contributed by atoms with Crippen LogP contribution in [0.1, 0.15) is 19.3 Å². The summed E-state index contributed by atoms with van der Waals surface area (Å²) in [6.45, 7) is 1.23. The molecular weight excluding hydrogens is 276 g/mol. The molecular formula is C14H22N2O5. The van der Waals surface area contributed by atoms with Gasteiger partial charge in [-0.05, 0) is 6.42 Å². The lowest BCUT2D eigenvalue weighted by molar-refractivity contribution is -0.140. The third-order valence-corrected chi connectivity index (χ3v) is 4.01. The second-order valence-corrected chi connectivity index (χ2v) is 5.81. The van der Waals surface area contributed by atoms with Crippen LogP contribution in [0.3, 0.4) is 0 Å². The zero-order valence-corrected chi connectivity index (χ0v) is 12.1. The van der Waals surface area contributed by atoms with Crippen LogP contribution in [0.5, 0.6) is 0 Å². The lowest BCUT2D eigenvalue weighted by atomic mass is 9.94. The summed E-state index contributed by atoms with van der Waals surface area (Å²) in [7, 11) is 1.62. The smallest absolute Gasteiger partial charge is 0.317 e. The largest absolute Gasteiger partial charge is 0.481 e. The van der Waals surface area contributed by atoms with Gasteiger partial charge in [0.25, 0.3) is 0 Å². The summed E-state index contributed by atoms with van der Waals surface area (Å²) < 4.78 is 5.20. The summed E-state index contributed by atoms with van der Waals surface area (Å²) >= 11 is 0. The van der Waals surface area contributed by atoms with Gasteiger partial charge in [-0.15, -0.1) is 0 Å². The van der Waals surface area contributed by atoms with E-state index in [1.54, 1.807) is 19.2 Å². The van der Waals surface area contributed by atoms with Crippen molar-refractivity contribution in [2.45, 2.75) is 30.9 Å². The summed E-state index contributed by atoms with van der Waals surface area (Å²) in [5.74, 6) is -1.42. The highest BCUT2D eigenvalue weighted by atomic mass is 16.5. The highest BCUT2D eigenvalue weighted by Crippen LogP contribution is 2.22. The van der Waals surface area contributed by atoms with Crippen LogP contribution < -0.4 is 5.32 Å². The molecule has 0 radical (unpaired) electrons. The van der Waals surface area contributed by atoms with E-state index in [9.17, 15) is 14.7 Å². The number of carboxylic acids is 1. The number of carbonyl (C=O) groups excluding carboxylic acids is 1. The van der Waals surface area contributed by atoms with Gasteiger partial charge in [0.1, 0.15) is 0 Å². The highest BCUT2D eigenvalue weighted by molar-refractivity contribution is 5.76. The van der Waals surface area contributed by atoms with Gasteiger partial charge in [0, 0.05) is 33.1 Å². The molecule has 0 aromatic rings. The molecule has 2 amide bonds. The zero-order valence-electron chi connectivity index (χ0n) is 12.1. The fraction of sp³-hybridized carbons (Fsp3) is 0.714. The SMILES string of the molecule is CN(CC1(O)CCOCC1)C(=O)NC1C=CC(C(=O)O)C1. The van der Waals surface area contributed by atoms with E-state index in [0.29, 0.717) is 32.5 Å². The zero-order chi connectivity index (χ0) is 15.5. The highest BCUT2D eigenvalue weighted by Gasteiger charge is 2.33. The van der Waals surface area contributed by atoms with Gasteiger partial charge in [-0.25, -0.2) is 4.79 Å². The molecule has 0 saturated carbocycles. The summed E-state index contributed by atoms with van der Waals surface area (Å²) in [6, 6.07) is -0.582. The van der Waals surface area contributed by atoms with Crippen molar-refractivity contribution in [1.82, 2.24) is 10.2 Å². The summed E-state index contributed by atoms with van der Waals surface area (Å²) in [5, 5.41) is 22.0. The number of rotatable bonds is 4. The first-order chi connectivity index (χ1) is 9.89. The minimum Gasteiger partial charge on any atom is -0.481 e. The molecule has 118 valence electrons. The molecule has 1 saturated heterocycles. The first kappa shape index (κ1) is 15.8. The molecule has 1 aliphatic carbocycles. The monoisotopic (exact) mass is 298 g/mol. The number of amides is 2. The van der Waals surface area contributed by atoms with Gasteiger partial charge in [-0.2, -0.15) is 0 Å². The van der Waals surface area contributed by atoms with E-state index < -0.39 is 17.5 Å². The third kappa shape index (κ3) is 4.18. The Morgan fingerprint density at radius 2 is 2.05 bits per heavy atom. The van der Waals surface area contributed by atoms with E-state index in [1.165, 1.54) is 4.90 Å². The van der Waals surface area contributed by atoms with Gasteiger partial charge in [0.05, 0.1) is 24.1 Å². The molecule has 21 heavy (non-hydrogen) atoms. The molecule has 0 aromatic carbocycles. The second-order valence-electron chi connectivity index (χ2n) is 5.81. The van der Waals surface area contributed by atoms with Gasteiger partial charge in [0.15, 0.2) is 0 Å². The number of ether oxygens (including phenoxy) is 1. The Kier molecular flexibility index (Phi) is 4.84. The summed E-state index contributed by atoms with van der Waals surface area (Å²) in [5.41, 5.74) is -0.903. The Labute approximate surface area is 123 Å². The number of nitrogens with one attached hydrogen (secondary N) is 1.